The van der Waals surface area contributed by atoms with Gasteiger partial charge in [-0.15, -0.1) is 0 Å². The highest BCUT2D eigenvalue weighted by atomic mass is 79.9. The molecule has 0 fully saturated rings. The van der Waals surface area contributed by atoms with Crippen LogP contribution in [0.1, 0.15) is 15.9 Å². The smallest absolute Gasteiger partial charge is 0.255 e. The zero-order valence-electron chi connectivity index (χ0n) is 19.0. The summed E-state index contributed by atoms with van der Waals surface area (Å²) in [5.74, 6) is -0.281. The summed E-state index contributed by atoms with van der Waals surface area (Å²) in [4.78, 5) is 12.8. The summed E-state index contributed by atoms with van der Waals surface area (Å²) in [6.45, 7) is 0.0986. The normalized spacial score (nSPS) is 11.6. The second-order valence-electron chi connectivity index (χ2n) is 8.33. The first-order valence-corrected chi connectivity index (χ1v) is 14.0. The van der Waals surface area contributed by atoms with Crippen LogP contribution in [-0.2, 0) is 16.6 Å². The minimum absolute atomic E-state index is 0.0986. The number of carbonyl (C=O) groups is 1. The van der Waals surface area contributed by atoms with E-state index in [2.05, 4.69) is 21.2 Å². The molecule has 1 amide bonds. The first kappa shape index (κ1) is 24.4. The van der Waals surface area contributed by atoms with E-state index in [0.717, 1.165) is 28.2 Å². The molecular formula is C27H20BrClN2O4S. The highest BCUT2D eigenvalue weighted by Crippen LogP contribution is 2.31. The minimum Gasteiger partial charge on any atom is -0.456 e. The lowest BCUT2D eigenvalue weighted by molar-refractivity contribution is 0.102. The largest absolute Gasteiger partial charge is 0.456 e. The van der Waals surface area contributed by atoms with Gasteiger partial charge in [-0.2, -0.15) is 0 Å². The van der Waals surface area contributed by atoms with Gasteiger partial charge in [-0.25, -0.2) is 8.42 Å². The highest BCUT2D eigenvalue weighted by molar-refractivity contribution is 9.10. The Labute approximate surface area is 221 Å². The summed E-state index contributed by atoms with van der Waals surface area (Å²) in [6, 6.07) is 25.1. The number of anilines is 2. The molecule has 0 bridgehead atoms. The number of sulfonamides is 1. The van der Waals surface area contributed by atoms with E-state index in [9.17, 15) is 13.2 Å². The summed E-state index contributed by atoms with van der Waals surface area (Å²) in [7, 11) is -3.57. The molecule has 0 atom stereocenters. The summed E-state index contributed by atoms with van der Waals surface area (Å²) in [5.41, 5.74) is 3.72. The number of fused-ring (bicyclic) bond motifs is 3. The number of nitrogens with zero attached hydrogens (tertiary/aromatic N) is 1. The molecule has 6 nitrogen and oxygen atoms in total. The predicted molar refractivity (Wildman–Crippen MR) is 148 cm³/mol. The van der Waals surface area contributed by atoms with Crippen LogP contribution in [0.2, 0.25) is 5.02 Å². The number of hydrogen-bond acceptors (Lipinski definition) is 4. The van der Waals surface area contributed by atoms with Crippen LogP contribution in [0, 0.1) is 0 Å². The molecule has 1 aromatic heterocycles. The molecule has 5 aromatic rings. The zero-order chi connectivity index (χ0) is 25.4. The highest BCUT2D eigenvalue weighted by Gasteiger charge is 2.19. The summed E-state index contributed by atoms with van der Waals surface area (Å²) >= 11 is 9.48. The fourth-order valence-electron chi connectivity index (χ4n) is 3.97. The fraction of sp³-hybridized carbons (Fsp3) is 0.0741. The summed E-state index contributed by atoms with van der Waals surface area (Å²) in [6.07, 6.45) is 1.14. The lowest BCUT2D eigenvalue weighted by atomic mass is 10.1. The maximum absolute atomic E-state index is 12.8. The molecule has 182 valence electrons. The lowest BCUT2D eigenvalue weighted by Crippen LogP contribution is -2.29. The number of carbonyl (C=O) groups excluding carboxylic acids is 1. The molecule has 0 aliphatic rings. The van der Waals surface area contributed by atoms with Crippen molar-refractivity contribution in [1.29, 1.82) is 0 Å². The van der Waals surface area contributed by atoms with Crippen LogP contribution in [0.4, 0.5) is 11.4 Å². The lowest BCUT2D eigenvalue weighted by Gasteiger charge is -2.23. The monoisotopic (exact) mass is 582 g/mol. The van der Waals surface area contributed by atoms with Gasteiger partial charge in [0.05, 0.1) is 23.5 Å². The van der Waals surface area contributed by atoms with Gasteiger partial charge >= 0.3 is 0 Å². The molecule has 0 aliphatic heterocycles. The van der Waals surface area contributed by atoms with Gasteiger partial charge in [-0.3, -0.25) is 9.10 Å². The van der Waals surface area contributed by atoms with Crippen LogP contribution < -0.4 is 9.62 Å². The van der Waals surface area contributed by atoms with E-state index in [4.69, 9.17) is 16.0 Å². The molecule has 1 N–H and O–H groups in total. The maximum Gasteiger partial charge on any atom is 0.255 e. The number of benzene rings is 4. The number of rotatable bonds is 6. The van der Waals surface area contributed by atoms with Gasteiger partial charge in [0, 0.05) is 32.6 Å². The van der Waals surface area contributed by atoms with Crippen LogP contribution in [0.5, 0.6) is 0 Å². The Morgan fingerprint density at radius 3 is 2.39 bits per heavy atom. The molecule has 36 heavy (non-hydrogen) atoms. The number of amides is 1. The molecule has 0 unspecified atom stereocenters. The van der Waals surface area contributed by atoms with E-state index in [1.54, 1.807) is 48.5 Å². The van der Waals surface area contributed by atoms with E-state index in [1.165, 1.54) is 4.31 Å². The Balaban J connectivity index is 1.33. The Morgan fingerprint density at radius 2 is 1.67 bits per heavy atom. The Bertz CT molecular complexity index is 1720. The van der Waals surface area contributed by atoms with Gasteiger partial charge in [0.1, 0.15) is 11.2 Å². The van der Waals surface area contributed by atoms with Crippen molar-refractivity contribution in [2.75, 3.05) is 15.9 Å². The fourth-order valence-corrected chi connectivity index (χ4v) is 5.28. The van der Waals surface area contributed by atoms with Gasteiger partial charge in [0.2, 0.25) is 10.0 Å². The van der Waals surface area contributed by atoms with Crippen molar-refractivity contribution in [3.63, 3.8) is 0 Å². The zero-order valence-corrected chi connectivity index (χ0v) is 22.2. The Hall–Kier alpha value is -3.33. The Morgan fingerprint density at radius 1 is 0.944 bits per heavy atom. The second-order valence-corrected chi connectivity index (χ2v) is 11.5. The molecule has 0 aliphatic carbocycles. The van der Waals surface area contributed by atoms with Crippen molar-refractivity contribution in [1.82, 2.24) is 0 Å². The van der Waals surface area contributed by atoms with Crippen LogP contribution >= 0.6 is 27.5 Å². The van der Waals surface area contributed by atoms with Crippen LogP contribution in [0.25, 0.3) is 21.9 Å². The van der Waals surface area contributed by atoms with E-state index < -0.39 is 10.0 Å². The van der Waals surface area contributed by atoms with Gasteiger partial charge < -0.3 is 9.73 Å². The van der Waals surface area contributed by atoms with Crippen LogP contribution in [0.3, 0.4) is 0 Å². The molecule has 1 heterocycles. The van der Waals surface area contributed by atoms with Crippen LogP contribution in [-0.4, -0.2) is 20.6 Å². The van der Waals surface area contributed by atoms with E-state index in [1.807, 2.05) is 36.4 Å². The molecule has 0 spiro atoms. The average Bonchev–Trinajstić information content (AvgIpc) is 3.22. The van der Waals surface area contributed by atoms with Gasteiger partial charge in [-0.1, -0.05) is 41.9 Å². The van der Waals surface area contributed by atoms with Crippen molar-refractivity contribution < 1.29 is 17.6 Å². The number of hydrogen-bond donors (Lipinski definition) is 1. The Kier molecular flexibility index (Phi) is 6.51. The minimum atomic E-state index is -3.57. The standard InChI is InChI=1S/C27H20BrClN2O4S/c1-36(33,34)31(20-11-13-23(28)24(29)15-20)16-17-6-8-18(9-7-17)27(32)30-19-10-12-22-21-4-2-3-5-25(21)35-26(22)14-19/h2-15H,16H2,1H3,(H,30,32). The molecule has 0 saturated carbocycles. The van der Waals surface area contributed by atoms with Gasteiger partial charge in [-0.05, 0) is 70.0 Å². The first-order valence-electron chi connectivity index (χ1n) is 10.9. The SMILES string of the molecule is CS(=O)(=O)N(Cc1ccc(C(=O)Nc2ccc3c(c2)oc2ccccc23)cc1)c1ccc(Br)c(Cl)c1. The van der Waals surface area contributed by atoms with Crippen molar-refractivity contribution in [2.24, 2.45) is 0 Å². The van der Waals surface area contributed by atoms with Gasteiger partial charge in [0.25, 0.3) is 5.91 Å². The molecule has 5 rings (SSSR count). The number of halogens is 2. The molecular weight excluding hydrogens is 564 g/mol. The number of para-hydroxylation sites is 1. The summed E-state index contributed by atoms with van der Waals surface area (Å²) < 4.78 is 32.8. The maximum atomic E-state index is 12.8. The van der Waals surface area contributed by atoms with Crippen molar-refractivity contribution in [3.8, 4) is 0 Å². The van der Waals surface area contributed by atoms with Crippen molar-refractivity contribution >= 4 is 76.8 Å². The topological polar surface area (TPSA) is 79.6 Å². The molecule has 4 aromatic carbocycles. The quantitative estimate of drug-likeness (QED) is 0.229. The number of nitrogens with one attached hydrogen (secondary N) is 1. The van der Waals surface area contributed by atoms with Crippen molar-refractivity contribution in [3.05, 3.63) is 106 Å². The first-order chi connectivity index (χ1) is 17.2. The third-order valence-electron chi connectivity index (χ3n) is 5.77. The van der Waals surface area contributed by atoms with E-state index in [0.29, 0.717) is 32.0 Å². The summed E-state index contributed by atoms with van der Waals surface area (Å²) in [5, 5.41) is 5.31. The predicted octanol–water partition coefficient (Wildman–Crippen LogP) is 7.22. The third kappa shape index (κ3) is 4.97. The molecule has 0 saturated heterocycles. The molecule has 0 radical (unpaired) electrons. The molecule has 9 heteroatoms. The second kappa shape index (κ2) is 9.61. The van der Waals surface area contributed by atoms with Crippen LogP contribution in [0.15, 0.2) is 93.8 Å². The van der Waals surface area contributed by atoms with Gasteiger partial charge in [0.15, 0.2) is 0 Å². The average molecular weight is 584 g/mol. The van der Waals surface area contributed by atoms with Crippen molar-refractivity contribution in [2.45, 2.75) is 6.54 Å². The number of furan rings is 1. The third-order valence-corrected chi connectivity index (χ3v) is 8.14. The van der Waals surface area contributed by atoms with E-state index >= 15 is 0 Å². The van der Waals surface area contributed by atoms with E-state index in [-0.39, 0.29) is 12.5 Å².